The zero-order valence-corrected chi connectivity index (χ0v) is 15.3. The Morgan fingerprint density at radius 1 is 1.04 bits per heavy atom. The Kier molecular flexibility index (Phi) is 4.52. The molecular formula is C22H22N2O3. The van der Waals surface area contributed by atoms with Gasteiger partial charge >= 0.3 is 0 Å². The van der Waals surface area contributed by atoms with Crippen LogP contribution in [0.3, 0.4) is 0 Å². The van der Waals surface area contributed by atoms with Crippen LogP contribution in [0.4, 0.5) is 11.4 Å². The Morgan fingerprint density at radius 3 is 2.52 bits per heavy atom. The van der Waals surface area contributed by atoms with E-state index >= 15 is 0 Å². The summed E-state index contributed by atoms with van der Waals surface area (Å²) in [6.45, 7) is 1.90. The van der Waals surface area contributed by atoms with Gasteiger partial charge in [0.2, 0.25) is 11.8 Å². The third-order valence-electron chi connectivity index (χ3n) is 5.45. The van der Waals surface area contributed by atoms with E-state index in [1.807, 2.05) is 6.07 Å². The Bertz CT molecular complexity index is 918. The van der Waals surface area contributed by atoms with Crippen molar-refractivity contribution in [3.63, 3.8) is 0 Å². The normalized spacial score (nSPS) is 18.5. The van der Waals surface area contributed by atoms with Gasteiger partial charge in [-0.05, 0) is 73.7 Å². The van der Waals surface area contributed by atoms with Gasteiger partial charge in [0, 0.05) is 29.9 Å². The van der Waals surface area contributed by atoms with E-state index in [0.29, 0.717) is 17.8 Å². The molecule has 0 bridgehead atoms. The van der Waals surface area contributed by atoms with Crippen molar-refractivity contribution >= 4 is 29.0 Å². The number of aryl methyl sites for hydroxylation is 2. The van der Waals surface area contributed by atoms with E-state index < -0.39 is 0 Å². The van der Waals surface area contributed by atoms with Crippen molar-refractivity contribution in [2.45, 2.75) is 32.6 Å². The lowest BCUT2D eigenvalue weighted by Gasteiger charge is -2.18. The fraction of sp³-hybridized carbons (Fsp3) is 0.318. The molecule has 2 aliphatic rings. The smallest absolute Gasteiger partial charge is 0.229 e. The van der Waals surface area contributed by atoms with Crippen molar-refractivity contribution in [1.82, 2.24) is 0 Å². The minimum absolute atomic E-state index is 0.0139. The summed E-state index contributed by atoms with van der Waals surface area (Å²) in [6, 6.07) is 13.0. The molecule has 1 aliphatic carbocycles. The zero-order chi connectivity index (χ0) is 19.0. The number of Topliss-reactive ketones (excluding diaryl/α,β-unsaturated/α-hetero) is 1. The lowest BCUT2D eigenvalue weighted by Crippen LogP contribution is -2.28. The molecule has 1 aliphatic heterocycles. The van der Waals surface area contributed by atoms with E-state index in [2.05, 4.69) is 17.4 Å². The van der Waals surface area contributed by atoms with Gasteiger partial charge in [0.05, 0.1) is 5.92 Å². The van der Waals surface area contributed by atoms with Crippen molar-refractivity contribution in [3.8, 4) is 0 Å². The highest BCUT2D eigenvalue weighted by atomic mass is 16.2. The second kappa shape index (κ2) is 6.99. The fourth-order valence-corrected chi connectivity index (χ4v) is 3.89. The highest BCUT2D eigenvalue weighted by Crippen LogP contribution is 2.31. The molecule has 1 N–H and O–H groups in total. The van der Waals surface area contributed by atoms with Crippen molar-refractivity contribution in [3.05, 3.63) is 59.2 Å². The number of rotatable bonds is 4. The van der Waals surface area contributed by atoms with E-state index in [1.165, 1.54) is 24.5 Å². The van der Waals surface area contributed by atoms with Gasteiger partial charge in [0.1, 0.15) is 0 Å². The van der Waals surface area contributed by atoms with E-state index in [9.17, 15) is 14.4 Å². The number of fused-ring (bicyclic) bond motifs is 1. The second-order valence-electron chi connectivity index (χ2n) is 7.33. The lowest BCUT2D eigenvalue weighted by molar-refractivity contribution is -0.122. The molecule has 0 radical (unpaired) electrons. The largest absolute Gasteiger partial charge is 0.326 e. The summed E-state index contributed by atoms with van der Waals surface area (Å²) >= 11 is 0. The fourth-order valence-electron chi connectivity index (χ4n) is 3.89. The molecule has 1 unspecified atom stereocenters. The van der Waals surface area contributed by atoms with Crippen molar-refractivity contribution in [2.75, 3.05) is 16.8 Å². The summed E-state index contributed by atoms with van der Waals surface area (Å²) in [5.74, 6) is -0.569. The van der Waals surface area contributed by atoms with Crippen LogP contribution < -0.4 is 10.2 Å². The van der Waals surface area contributed by atoms with E-state index in [-0.39, 0.29) is 29.9 Å². The monoisotopic (exact) mass is 362 g/mol. The van der Waals surface area contributed by atoms with Gasteiger partial charge in [-0.3, -0.25) is 14.4 Å². The highest BCUT2D eigenvalue weighted by Gasteiger charge is 2.35. The van der Waals surface area contributed by atoms with Crippen LogP contribution in [-0.2, 0) is 22.4 Å². The molecule has 0 spiro atoms. The van der Waals surface area contributed by atoms with Crippen LogP contribution in [0.25, 0.3) is 0 Å². The molecule has 1 saturated heterocycles. The number of hydrogen-bond donors (Lipinski definition) is 1. The Balaban J connectivity index is 1.44. The summed E-state index contributed by atoms with van der Waals surface area (Å²) in [5.41, 5.74) is 4.81. The van der Waals surface area contributed by atoms with Gasteiger partial charge in [0.25, 0.3) is 0 Å². The molecule has 0 aromatic heterocycles. The number of nitrogens with zero attached hydrogens (tertiary/aromatic N) is 1. The number of carbonyl (C=O) groups excluding carboxylic acids is 3. The summed E-state index contributed by atoms with van der Waals surface area (Å²) in [4.78, 5) is 38.1. The molecule has 138 valence electrons. The maximum absolute atomic E-state index is 12.6. The van der Waals surface area contributed by atoms with Crippen LogP contribution in [0.1, 0.15) is 41.3 Å². The van der Waals surface area contributed by atoms with Crippen LogP contribution in [0, 0.1) is 5.92 Å². The molecule has 2 aromatic carbocycles. The predicted octanol–water partition coefficient (Wildman–Crippen LogP) is 3.37. The zero-order valence-electron chi connectivity index (χ0n) is 15.3. The molecule has 5 heteroatoms. The van der Waals surface area contributed by atoms with Gasteiger partial charge in [-0.15, -0.1) is 0 Å². The summed E-state index contributed by atoms with van der Waals surface area (Å²) in [5, 5.41) is 2.86. The first-order valence-electron chi connectivity index (χ1n) is 9.35. The molecule has 2 amide bonds. The van der Waals surface area contributed by atoms with Crippen molar-refractivity contribution < 1.29 is 14.4 Å². The van der Waals surface area contributed by atoms with Crippen LogP contribution in [0.5, 0.6) is 0 Å². The second-order valence-corrected chi connectivity index (χ2v) is 7.33. The molecule has 5 nitrogen and oxygen atoms in total. The topological polar surface area (TPSA) is 66.5 Å². The van der Waals surface area contributed by atoms with E-state index in [1.54, 1.807) is 29.2 Å². The van der Waals surface area contributed by atoms with Gasteiger partial charge in [-0.25, -0.2) is 0 Å². The first-order valence-corrected chi connectivity index (χ1v) is 9.35. The lowest BCUT2D eigenvalue weighted by atomic mass is 10.1. The average Bonchev–Trinajstić information content (AvgIpc) is 3.27. The number of ketones is 1. The molecule has 1 heterocycles. The number of anilines is 2. The number of carbonyl (C=O) groups is 3. The van der Waals surface area contributed by atoms with Crippen LogP contribution in [0.15, 0.2) is 42.5 Å². The summed E-state index contributed by atoms with van der Waals surface area (Å²) < 4.78 is 0. The van der Waals surface area contributed by atoms with Gasteiger partial charge in [-0.2, -0.15) is 0 Å². The standard InChI is InChI=1S/C22H22N2O3/c1-14(25)15-5-8-19(9-6-15)23-22(27)18-12-21(26)24(13-18)20-10-7-16-3-2-4-17(16)11-20/h5-11,18H,2-4,12-13H2,1H3,(H,23,27). The average molecular weight is 362 g/mol. The maximum atomic E-state index is 12.6. The molecular weight excluding hydrogens is 340 g/mol. The van der Waals surface area contributed by atoms with E-state index in [4.69, 9.17) is 0 Å². The number of benzene rings is 2. The van der Waals surface area contributed by atoms with Crippen LogP contribution >= 0.6 is 0 Å². The molecule has 4 rings (SSSR count). The van der Waals surface area contributed by atoms with Crippen molar-refractivity contribution in [1.29, 1.82) is 0 Å². The van der Waals surface area contributed by atoms with Gasteiger partial charge < -0.3 is 10.2 Å². The van der Waals surface area contributed by atoms with E-state index in [0.717, 1.165) is 18.5 Å². The molecule has 27 heavy (non-hydrogen) atoms. The highest BCUT2D eigenvalue weighted by molar-refractivity contribution is 6.03. The first kappa shape index (κ1) is 17.5. The Morgan fingerprint density at radius 2 is 1.78 bits per heavy atom. The first-order chi connectivity index (χ1) is 13.0. The maximum Gasteiger partial charge on any atom is 0.229 e. The number of amides is 2. The Hall–Kier alpha value is -2.95. The quantitative estimate of drug-likeness (QED) is 0.848. The van der Waals surface area contributed by atoms with Crippen molar-refractivity contribution in [2.24, 2.45) is 5.92 Å². The summed E-state index contributed by atoms with van der Waals surface area (Å²) in [7, 11) is 0. The number of nitrogens with one attached hydrogen (secondary N) is 1. The SMILES string of the molecule is CC(=O)c1ccc(NC(=O)C2CC(=O)N(c3ccc4c(c3)CCC4)C2)cc1. The van der Waals surface area contributed by atoms with Gasteiger partial charge in [0.15, 0.2) is 5.78 Å². The summed E-state index contributed by atoms with van der Waals surface area (Å²) in [6.07, 6.45) is 3.55. The Labute approximate surface area is 158 Å². The molecule has 2 aromatic rings. The predicted molar refractivity (Wildman–Crippen MR) is 104 cm³/mol. The minimum Gasteiger partial charge on any atom is -0.326 e. The molecule has 0 saturated carbocycles. The van der Waals surface area contributed by atoms with Gasteiger partial charge in [-0.1, -0.05) is 6.07 Å². The number of hydrogen-bond acceptors (Lipinski definition) is 3. The van der Waals surface area contributed by atoms with Crippen LogP contribution in [-0.4, -0.2) is 24.1 Å². The third kappa shape index (κ3) is 3.50. The van der Waals surface area contributed by atoms with Crippen LogP contribution in [0.2, 0.25) is 0 Å². The third-order valence-corrected chi connectivity index (χ3v) is 5.45. The molecule has 1 atom stereocenters. The molecule has 1 fully saturated rings. The minimum atomic E-state index is -0.377.